The molecule has 0 N–H and O–H groups in total. The van der Waals surface area contributed by atoms with E-state index in [1.807, 2.05) is 77.1 Å². The maximum atomic E-state index is 4.53. The summed E-state index contributed by atoms with van der Waals surface area (Å²) >= 11 is 3.48. The standard InChI is InChI=1S/C12H14N2.C12H10N2.C8H12N2.C8H8N2.C7H7N3.C6H8N2S.C6H6N2S/c2*1-9-8-14-7-6-10-4-2-3-5-11(10)12(14)13-9;2*1-7-6-10-5-3-2-4-8(10)9-7;1-6-5-10-4-2-3-8-7(10)9-6;2*1-5-4-8-2-3-9-6(8)7-5/h6-7H,1-5,8H2;2-7H,1,8H2;1-6H2;2-5H,1,6H2;2-4H,1,5H2;1-4H2;2-3H,1,4H2. The lowest BCUT2D eigenvalue weighted by molar-refractivity contribution is 0.414. The van der Waals surface area contributed by atoms with Gasteiger partial charge in [0.15, 0.2) is 10.3 Å². The second-order valence-electron chi connectivity index (χ2n) is 19.5. The van der Waals surface area contributed by atoms with E-state index >= 15 is 0 Å². The molecule has 0 bridgehead atoms. The molecule has 0 atom stereocenters. The lowest BCUT2D eigenvalue weighted by Crippen LogP contribution is -2.31. The molecule has 388 valence electrons. The first kappa shape index (κ1) is 51.7. The van der Waals surface area contributed by atoms with Crippen molar-refractivity contribution in [1.29, 1.82) is 0 Å². The van der Waals surface area contributed by atoms with Crippen LogP contribution in [0.25, 0.3) is 6.08 Å². The van der Waals surface area contributed by atoms with Gasteiger partial charge >= 0.3 is 0 Å². The maximum absolute atomic E-state index is 4.53. The SMILES string of the molecule is C=C1CN2C=CC3=C(CCCC3)C2=N1.C=C1CN2C=CC=CC2=N1.C=C1CN2C=CC=NC2=N1.C=C1CN2C=CSC2=N1.C=C1CN2C=Cc3ccccc3C2=N1.C=C1CN2CCCCC2=N1.C=C1CN2CCSC2=N1. The molecule has 14 aliphatic heterocycles. The van der Waals surface area contributed by atoms with E-state index in [4.69, 9.17) is 0 Å². The number of thioether (sulfide) groups is 2. The zero-order valence-corrected chi connectivity index (χ0v) is 44.9. The molecule has 16 rings (SSSR count). The number of hydrogen-bond acceptors (Lipinski definition) is 17. The molecule has 76 heavy (non-hydrogen) atoms. The molecule has 15 nitrogen and oxygen atoms in total. The summed E-state index contributed by atoms with van der Waals surface area (Å²) in [6, 6.07) is 8.29. The number of amidine groups is 6. The van der Waals surface area contributed by atoms with Gasteiger partial charge in [0.05, 0.1) is 85.7 Å². The van der Waals surface area contributed by atoms with Crippen molar-refractivity contribution >= 4 is 75.5 Å². The molecule has 0 aromatic heterocycles. The van der Waals surface area contributed by atoms with Gasteiger partial charge in [-0.25, -0.2) is 39.9 Å². The number of aliphatic imine (C=N–C) groups is 8. The van der Waals surface area contributed by atoms with Crippen molar-refractivity contribution in [2.24, 2.45) is 39.9 Å². The summed E-state index contributed by atoms with van der Waals surface area (Å²) in [7, 11) is 0. The molecule has 2 fully saturated rings. The fraction of sp³-hybridized carbons (Fsp3) is 0.288. The van der Waals surface area contributed by atoms with Crippen molar-refractivity contribution in [3.8, 4) is 0 Å². The summed E-state index contributed by atoms with van der Waals surface area (Å²) in [5.74, 6) is 6.45. The normalized spacial score (nSPS) is 22.4. The van der Waals surface area contributed by atoms with Gasteiger partial charge in [0, 0.05) is 68.0 Å². The second-order valence-corrected chi connectivity index (χ2v) is 21.4. The van der Waals surface area contributed by atoms with Gasteiger partial charge in [-0.2, -0.15) is 0 Å². The van der Waals surface area contributed by atoms with E-state index in [1.165, 1.54) is 96.4 Å². The van der Waals surface area contributed by atoms with Crippen LogP contribution in [0.3, 0.4) is 0 Å². The predicted molar refractivity (Wildman–Crippen MR) is 321 cm³/mol. The van der Waals surface area contributed by atoms with E-state index < -0.39 is 0 Å². The largest absolute Gasteiger partial charge is 0.354 e. The maximum Gasteiger partial charge on any atom is 0.230 e. The molecule has 17 heteroatoms. The van der Waals surface area contributed by atoms with E-state index in [2.05, 4.69) is 152 Å². The van der Waals surface area contributed by atoms with Crippen LogP contribution >= 0.6 is 23.5 Å². The first-order chi connectivity index (χ1) is 37.0. The number of benzene rings is 1. The van der Waals surface area contributed by atoms with Gasteiger partial charge in [0.1, 0.15) is 23.3 Å². The number of allylic oxidation sites excluding steroid dienone is 5. The summed E-state index contributed by atoms with van der Waals surface area (Å²) in [5.41, 5.74) is 12.1. The van der Waals surface area contributed by atoms with E-state index in [9.17, 15) is 0 Å². The molecule has 0 spiro atoms. The fourth-order valence-electron chi connectivity index (χ4n) is 9.94. The monoisotopic (exact) mass is 1050 g/mol. The molecule has 1 aliphatic carbocycles. The third-order valence-electron chi connectivity index (χ3n) is 13.5. The molecule has 0 amide bonds. The van der Waals surface area contributed by atoms with Gasteiger partial charge in [0.2, 0.25) is 5.96 Å². The minimum Gasteiger partial charge on any atom is -0.354 e. The summed E-state index contributed by atoms with van der Waals surface area (Å²) in [4.78, 5) is 49.3. The minimum absolute atomic E-state index is 0.757. The topological polar surface area (TPSA) is 122 Å². The Kier molecular flexibility index (Phi) is 16.2. The van der Waals surface area contributed by atoms with Crippen LogP contribution in [0.5, 0.6) is 0 Å². The molecule has 15 aliphatic rings. The Balaban J connectivity index is 0.000000102. The molecule has 2 saturated heterocycles. The fourth-order valence-corrected chi connectivity index (χ4v) is 11.7. The zero-order chi connectivity index (χ0) is 52.5. The summed E-state index contributed by atoms with van der Waals surface area (Å²) < 4.78 is 0. The van der Waals surface area contributed by atoms with E-state index in [0.29, 0.717) is 0 Å². The van der Waals surface area contributed by atoms with Crippen LogP contribution < -0.4 is 0 Å². The Labute approximate surface area is 456 Å². The number of fused-ring (bicyclic) bond motifs is 10. The third-order valence-corrected chi connectivity index (χ3v) is 15.3. The number of guanidine groups is 1. The molecule has 0 saturated carbocycles. The van der Waals surface area contributed by atoms with E-state index in [-0.39, 0.29) is 0 Å². The first-order valence-electron chi connectivity index (χ1n) is 25.9. The average Bonchev–Trinajstić information content (AvgIpc) is 4.29. The van der Waals surface area contributed by atoms with E-state index in [0.717, 1.165) is 115 Å². The van der Waals surface area contributed by atoms with Crippen LogP contribution in [0.4, 0.5) is 0 Å². The van der Waals surface area contributed by atoms with E-state index in [1.54, 1.807) is 18.0 Å². The summed E-state index contributed by atoms with van der Waals surface area (Å²) in [5, 5.41) is 4.28. The van der Waals surface area contributed by atoms with Crippen molar-refractivity contribution < 1.29 is 0 Å². The van der Waals surface area contributed by atoms with Crippen molar-refractivity contribution in [3.05, 3.63) is 199 Å². The van der Waals surface area contributed by atoms with Gasteiger partial charge in [0.25, 0.3) is 0 Å². The molecule has 14 heterocycles. The summed E-state index contributed by atoms with van der Waals surface area (Å²) in [6.07, 6.45) is 33.0. The highest BCUT2D eigenvalue weighted by molar-refractivity contribution is 8.16. The quantitative estimate of drug-likeness (QED) is 0.250. The van der Waals surface area contributed by atoms with Crippen LogP contribution in [-0.2, 0) is 0 Å². The highest BCUT2D eigenvalue weighted by Gasteiger charge is 2.29. The number of hydrogen-bond donors (Lipinski definition) is 0. The Morgan fingerprint density at radius 3 is 1.95 bits per heavy atom. The van der Waals surface area contributed by atoms with Gasteiger partial charge in [-0.15, -0.1) is 0 Å². The third kappa shape index (κ3) is 12.7. The Hall–Kier alpha value is -7.76. The average molecular weight is 1050 g/mol. The Morgan fingerprint density at radius 1 is 0.474 bits per heavy atom. The number of nitrogens with zero attached hydrogens (tertiary/aromatic N) is 15. The second kappa shape index (κ2) is 23.8. The zero-order valence-electron chi connectivity index (χ0n) is 43.3. The van der Waals surface area contributed by atoms with Gasteiger partial charge in [-0.3, -0.25) is 0 Å². The molecule has 1 aromatic rings. The predicted octanol–water partition coefficient (Wildman–Crippen LogP) is 10.6. The smallest absolute Gasteiger partial charge is 0.230 e. The molecule has 0 radical (unpaired) electrons. The lowest BCUT2D eigenvalue weighted by Gasteiger charge is -2.27. The van der Waals surface area contributed by atoms with Crippen LogP contribution in [0.15, 0.2) is 228 Å². The molecule has 1 aromatic carbocycles. The molecular formula is C59H65N15S2. The highest BCUT2D eigenvalue weighted by Crippen LogP contribution is 2.34. The van der Waals surface area contributed by atoms with Crippen LogP contribution in [0.2, 0.25) is 0 Å². The van der Waals surface area contributed by atoms with Crippen LogP contribution in [0, 0.1) is 0 Å². The van der Waals surface area contributed by atoms with Crippen molar-refractivity contribution in [2.45, 2.75) is 44.9 Å². The summed E-state index contributed by atoms with van der Waals surface area (Å²) in [6.45, 7) is 35.2. The minimum atomic E-state index is 0.757. The van der Waals surface area contributed by atoms with Gasteiger partial charge in [-0.05, 0) is 91.0 Å². The highest BCUT2D eigenvalue weighted by atomic mass is 32.2. The van der Waals surface area contributed by atoms with Crippen LogP contribution in [0.1, 0.15) is 56.1 Å². The van der Waals surface area contributed by atoms with Crippen molar-refractivity contribution in [2.75, 3.05) is 64.7 Å². The number of piperidine rings is 1. The van der Waals surface area contributed by atoms with Crippen LogP contribution in [-0.4, -0.2) is 145 Å². The number of rotatable bonds is 0. The Bertz CT molecular complexity index is 3040. The van der Waals surface area contributed by atoms with Crippen molar-refractivity contribution in [3.63, 3.8) is 0 Å². The van der Waals surface area contributed by atoms with Crippen molar-refractivity contribution in [1.82, 2.24) is 34.3 Å². The first-order valence-corrected chi connectivity index (χ1v) is 27.7. The Morgan fingerprint density at radius 2 is 1.13 bits per heavy atom. The van der Waals surface area contributed by atoms with Gasteiger partial charge in [-0.1, -0.05) is 99.9 Å². The molecular weight excluding hydrogens is 983 g/mol. The van der Waals surface area contributed by atoms with Gasteiger partial charge < -0.3 is 34.3 Å². The lowest BCUT2D eigenvalue weighted by atomic mass is 9.89. The molecule has 0 unspecified atom stereocenters.